The van der Waals surface area contributed by atoms with Crippen molar-refractivity contribution in [1.82, 2.24) is 10.2 Å². The molecular formula is C17H26N2O5. The van der Waals surface area contributed by atoms with Crippen LogP contribution in [0.3, 0.4) is 0 Å². The lowest BCUT2D eigenvalue weighted by molar-refractivity contribution is -0.141. The molecule has 0 spiro atoms. The van der Waals surface area contributed by atoms with E-state index < -0.39 is 11.9 Å². The number of methoxy groups -OCH3 is 2. The molecule has 7 heteroatoms. The quantitative estimate of drug-likeness (QED) is 0.760. The zero-order chi connectivity index (χ0) is 18.3. The number of hydrogen-bond donors (Lipinski definition) is 2. The van der Waals surface area contributed by atoms with Crippen molar-refractivity contribution in [3.05, 3.63) is 23.8 Å². The molecule has 2 amide bonds. The zero-order valence-electron chi connectivity index (χ0n) is 14.8. The lowest BCUT2D eigenvalue weighted by atomic mass is 10.0. The number of nitrogens with one attached hydrogen (secondary N) is 1. The van der Waals surface area contributed by atoms with E-state index in [2.05, 4.69) is 5.32 Å². The van der Waals surface area contributed by atoms with Crippen LogP contribution in [0, 0.1) is 5.92 Å². The highest BCUT2D eigenvalue weighted by Crippen LogP contribution is 2.30. The van der Waals surface area contributed by atoms with Crippen molar-refractivity contribution >= 4 is 12.0 Å². The predicted octanol–water partition coefficient (Wildman–Crippen LogP) is 2.52. The average molecular weight is 338 g/mol. The number of amides is 2. The number of ether oxygens (including phenoxy) is 2. The molecular weight excluding hydrogens is 312 g/mol. The minimum atomic E-state index is -0.929. The summed E-state index contributed by atoms with van der Waals surface area (Å²) in [6.07, 6.45) is 0.684. The third-order valence-electron chi connectivity index (χ3n) is 3.83. The van der Waals surface area contributed by atoms with Gasteiger partial charge in [0.1, 0.15) is 0 Å². The second-order valence-electron chi connectivity index (χ2n) is 5.64. The van der Waals surface area contributed by atoms with Crippen molar-refractivity contribution in [1.29, 1.82) is 0 Å². The summed E-state index contributed by atoms with van der Waals surface area (Å²) in [5.74, 6) is -0.339. The van der Waals surface area contributed by atoms with E-state index in [-0.39, 0.29) is 18.6 Å². The van der Waals surface area contributed by atoms with Gasteiger partial charge in [0.15, 0.2) is 11.5 Å². The number of carbonyl (C=O) groups is 2. The lowest BCUT2D eigenvalue weighted by Crippen LogP contribution is -2.42. The Morgan fingerprint density at radius 2 is 1.88 bits per heavy atom. The molecule has 1 aromatic rings. The summed E-state index contributed by atoms with van der Waals surface area (Å²) in [6.45, 7) is 3.67. The van der Waals surface area contributed by atoms with E-state index in [1.165, 1.54) is 4.90 Å². The van der Waals surface area contributed by atoms with Crippen LogP contribution in [0.1, 0.15) is 31.9 Å². The zero-order valence-corrected chi connectivity index (χ0v) is 14.8. The van der Waals surface area contributed by atoms with Gasteiger partial charge in [0.05, 0.1) is 26.2 Å². The SMILES string of the molecule is CCC(NC(=O)N(C)CC(C)C(=O)O)c1ccc(OC)c(OC)c1. The van der Waals surface area contributed by atoms with E-state index in [1.54, 1.807) is 34.3 Å². The van der Waals surface area contributed by atoms with Crippen molar-refractivity contribution in [2.75, 3.05) is 27.8 Å². The highest BCUT2D eigenvalue weighted by Gasteiger charge is 2.20. The van der Waals surface area contributed by atoms with Crippen LogP contribution in [0.4, 0.5) is 4.79 Å². The lowest BCUT2D eigenvalue weighted by Gasteiger charge is -2.24. The van der Waals surface area contributed by atoms with E-state index in [0.717, 1.165) is 5.56 Å². The predicted molar refractivity (Wildman–Crippen MR) is 90.5 cm³/mol. The van der Waals surface area contributed by atoms with Gasteiger partial charge in [-0.15, -0.1) is 0 Å². The first-order chi connectivity index (χ1) is 11.3. The molecule has 134 valence electrons. The Hall–Kier alpha value is -2.44. The molecule has 0 aliphatic heterocycles. The van der Waals surface area contributed by atoms with Crippen molar-refractivity contribution in [3.63, 3.8) is 0 Å². The molecule has 2 unspecified atom stereocenters. The van der Waals surface area contributed by atoms with Crippen molar-refractivity contribution in [2.45, 2.75) is 26.3 Å². The van der Waals surface area contributed by atoms with Crippen molar-refractivity contribution in [2.24, 2.45) is 5.92 Å². The molecule has 0 saturated heterocycles. The summed E-state index contributed by atoms with van der Waals surface area (Å²) in [4.78, 5) is 24.6. The van der Waals surface area contributed by atoms with Gasteiger partial charge in [-0.05, 0) is 24.1 Å². The van der Waals surface area contributed by atoms with Crippen molar-refractivity contribution in [3.8, 4) is 11.5 Å². The molecule has 0 aliphatic carbocycles. The smallest absolute Gasteiger partial charge is 0.317 e. The van der Waals surface area contributed by atoms with E-state index >= 15 is 0 Å². The number of rotatable bonds is 8. The number of carbonyl (C=O) groups excluding carboxylic acids is 1. The Morgan fingerprint density at radius 1 is 1.25 bits per heavy atom. The molecule has 0 aliphatic rings. The van der Waals surface area contributed by atoms with E-state index in [9.17, 15) is 9.59 Å². The van der Waals surface area contributed by atoms with E-state index in [4.69, 9.17) is 14.6 Å². The largest absolute Gasteiger partial charge is 0.493 e. The molecule has 0 radical (unpaired) electrons. The van der Waals surface area contributed by atoms with Gasteiger partial charge in [-0.3, -0.25) is 4.79 Å². The van der Waals surface area contributed by atoms with Crippen LogP contribution in [0.15, 0.2) is 18.2 Å². The molecule has 0 aromatic heterocycles. The van der Waals surface area contributed by atoms with Gasteiger partial charge in [-0.2, -0.15) is 0 Å². The highest BCUT2D eigenvalue weighted by atomic mass is 16.5. The summed E-state index contributed by atoms with van der Waals surface area (Å²) in [5.41, 5.74) is 0.892. The summed E-state index contributed by atoms with van der Waals surface area (Å²) in [5, 5.41) is 11.9. The Bertz CT molecular complexity index is 576. The van der Waals surface area contributed by atoms with Crippen LogP contribution in [-0.2, 0) is 4.79 Å². The highest BCUT2D eigenvalue weighted by molar-refractivity contribution is 5.76. The topological polar surface area (TPSA) is 88.1 Å². The number of benzene rings is 1. The van der Waals surface area contributed by atoms with Crippen LogP contribution in [0.2, 0.25) is 0 Å². The molecule has 0 heterocycles. The first kappa shape index (κ1) is 19.6. The average Bonchev–Trinajstić information content (AvgIpc) is 2.58. The molecule has 0 saturated carbocycles. The Morgan fingerprint density at radius 3 is 2.38 bits per heavy atom. The number of hydrogen-bond acceptors (Lipinski definition) is 4. The number of aliphatic carboxylic acids is 1. The number of nitrogens with zero attached hydrogens (tertiary/aromatic N) is 1. The van der Waals surface area contributed by atoms with Crippen LogP contribution in [-0.4, -0.2) is 49.8 Å². The first-order valence-corrected chi connectivity index (χ1v) is 7.80. The summed E-state index contributed by atoms with van der Waals surface area (Å²) < 4.78 is 10.5. The molecule has 1 aromatic carbocycles. The molecule has 2 N–H and O–H groups in total. The fourth-order valence-electron chi connectivity index (χ4n) is 2.32. The van der Waals surface area contributed by atoms with Crippen LogP contribution in [0.25, 0.3) is 0 Å². The maximum atomic E-state index is 12.3. The van der Waals surface area contributed by atoms with Crippen LogP contribution < -0.4 is 14.8 Å². The molecule has 1 rings (SSSR count). The van der Waals surface area contributed by atoms with Gasteiger partial charge in [0.25, 0.3) is 0 Å². The number of carboxylic acid groups (broad SMARTS) is 1. The molecule has 24 heavy (non-hydrogen) atoms. The van der Waals surface area contributed by atoms with Gasteiger partial charge in [0.2, 0.25) is 0 Å². The van der Waals surface area contributed by atoms with Gasteiger partial charge in [-0.1, -0.05) is 19.9 Å². The van der Waals surface area contributed by atoms with Gasteiger partial charge in [-0.25, -0.2) is 4.79 Å². The summed E-state index contributed by atoms with van der Waals surface area (Å²) in [6, 6.07) is 4.96. The number of carboxylic acids is 1. The fraction of sp³-hybridized carbons (Fsp3) is 0.529. The standard InChI is InChI=1S/C17H26N2O5/c1-6-13(12-7-8-14(23-4)15(9-12)24-5)18-17(22)19(3)10-11(2)16(20)21/h7-9,11,13H,6,10H2,1-5H3,(H,18,22)(H,20,21). The van der Waals surface area contributed by atoms with E-state index in [0.29, 0.717) is 17.9 Å². The van der Waals surface area contributed by atoms with Gasteiger partial charge in [0, 0.05) is 13.6 Å². The third-order valence-corrected chi connectivity index (χ3v) is 3.83. The normalized spacial score (nSPS) is 12.9. The Labute approximate surface area is 142 Å². The molecule has 7 nitrogen and oxygen atoms in total. The van der Waals surface area contributed by atoms with Crippen molar-refractivity contribution < 1.29 is 24.2 Å². The van der Waals surface area contributed by atoms with Gasteiger partial charge >= 0.3 is 12.0 Å². The molecule has 0 fully saturated rings. The Kier molecular flexibility index (Phi) is 7.35. The second-order valence-corrected chi connectivity index (χ2v) is 5.64. The van der Waals surface area contributed by atoms with Gasteiger partial charge < -0.3 is 24.8 Å². The minimum Gasteiger partial charge on any atom is -0.493 e. The minimum absolute atomic E-state index is 0.142. The summed E-state index contributed by atoms with van der Waals surface area (Å²) in [7, 11) is 4.70. The fourth-order valence-corrected chi connectivity index (χ4v) is 2.32. The van der Waals surface area contributed by atoms with Crippen LogP contribution in [0.5, 0.6) is 11.5 Å². The maximum Gasteiger partial charge on any atom is 0.317 e. The first-order valence-electron chi connectivity index (χ1n) is 7.80. The summed E-state index contributed by atoms with van der Waals surface area (Å²) >= 11 is 0. The third kappa shape index (κ3) is 5.04. The molecule has 0 bridgehead atoms. The Balaban J connectivity index is 2.83. The second kappa shape index (κ2) is 9.00. The number of urea groups is 1. The van der Waals surface area contributed by atoms with Crippen LogP contribution >= 0.6 is 0 Å². The monoisotopic (exact) mass is 338 g/mol. The molecule has 2 atom stereocenters. The maximum absolute atomic E-state index is 12.3. The van der Waals surface area contributed by atoms with E-state index in [1.807, 2.05) is 19.1 Å².